The molecule has 40 heavy (non-hydrogen) atoms. The number of likely N-dealkylation sites (tertiary alicyclic amines) is 1. The third-order valence-electron chi connectivity index (χ3n) is 9.14. The number of sulfone groups is 1. The lowest BCUT2D eigenvalue weighted by atomic mass is 9.63. The zero-order valence-electron chi connectivity index (χ0n) is 23.4. The molecule has 0 bridgehead atoms. The number of aliphatic hydroxyl groups is 1. The van der Waals surface area contributed by atoms with Gasteiger partial charge in [0.05, 0.1) is 15.7 Å². The lowest BCUT2D eigenvalue weighted by molar-refractivity contribution is -0.137. The van der Waals surface area contributed by atoms with Gasteiger partial charge in [-0.1, -0.05) is 0 Å². The van der Waals surface area contributed by atoms with Crippen molar-refractivity contribution >= 4 is 27.3 Å². The zero-order valence-corrected chi connectivity index (χ0v) is 24.2. The van der Waals surface area contributed by atoms with Gasteiger partial charge in [0.1, 0.15) is 11.4 Å². The summed E-state index contributed by atoms with van der Waals surface area (Å²) < 4.78 is 68.2. The fourth-order valence-electron chi connectivity index (χ4n) is 6.30. The fraction of sp³-hybridized carbons (Fsp3) is 0.643. The standard InChI is InChI=1S/C28H38F3N5O3S/c1-18-13-20(40(38,39)21-14-27(15-21)8-11-35(4)12-9-27)5-6-23(18)33-25-32-16-22(28(29,30)31)24(34-25)36-10-7-19(17-36)26(2,3)37/h5-6,13,16,19,21,37H,7-12,14-15,17H2,1-4H3,(H,32,33,34). The molecule has 1 aromatic carbocycles. The van der Waals surface area contributed by atoms with Crippen LogP contribution in [-0.2, 0) is 16.0 Å². The van der Waals surface area contributed by atoms with Crippen molar-refractivity contribution in [3.63, 3.8) is 0 Å². The largest absolute Gasteiger partial charge is 0.421 e. The van der Waals surface area contributed by atoms with Gasteiger partial charge in [0, 0.05) is 30.9 Å². The van der Waals surface area contributed by atoms with E-state index in [2.05, 4.69) is 27.2 Å². The minimum Gasteiger partial charge on any atom is -0.390 e. The maximum absolute atomic E-state index is 13.8. The second-order valence-corrected chi connectivity index (χ2v) is 14.7. The van der Waals surface area contributed by atoms with E-state index < -0.39 is 27.2 Å². The number of piperidine rings is 1. The number of nitrogens with zero attached hydrogens (tertiary/aromatic N) is 4. The normalized spacial score (nSPS) is 22.5. The van der Waals surface area contributed by atoms with Gasteiger partial charge in [0.15, 0.2) is 9.84 Å². The van der Waals surface area contributed by atoms with Crippen LogP contribution in [0.3, 0.4) is 0 Å². The number of hydrogen-bond donors (Lipinski definition) is 2. The van der Waals surface area contributed by atoms with Crippen LogP contribution in [0, 0.1) is 18.3 Å². The van der Waals surface area contributed by atoms with Gasteiger partial charge in [-0.3, -0.25) is 0 Å². The number of nitrogens with one attached hydrogen (secondary N) is 1. The fourth-order valence-corrected chi connectivity index (χ4v) is 8.43. The molecule has 1 aromatic heterocycles. The molecule has 5 rings (SSSR count). The van der Waals surface area contributed by atoms with E-state index in [4.69, 9.17) is 0 Å². The highest BCUT2D eigenvalue weighted by molar-refractivity contribution is 7.92. The molecule has 0 radical (unpaired) electrons. The first kappa shape index (κ1) is 29.1. The molecule has 3 fully saturated rings. The number of aryl methyl sites for hydroxylation is 1. The van der Waals surface area contributed by atoms with E-state index >= 15 is 0 Å². The highest BCUT2D eigenvalue weighted by Gasteiger charge is 2.50. The molecule has 220 valence electrons. The molecular weight excluding hydrogens is 543 g/mol. The predicted molar refractivity (Wildman–Crippen MR) is 147 cm³/mol. The van der Waals surface area contributed by atoms with Crippen LogP contribution in [-0.4, -0.2) is 72.5 Å². The molecule has 3 aliphatic rings. The highest BCUT2D eigenvalue weighted by Crippen LogP contribution is 2.52. The van der Waals surface area contributed by atoms with E-state index in [0.717, 1.165) is 32.1 Å². The van der Waals surface area contributed by atoms with Crippen molar-refractivity contribution in [3.8, 4) is 0 Å². The van der Waals surface area contributed by atoms with Crippen molar-refractivity contribution in [2.75, 3.05) is 43.4 Å². The lowest BCUT2D eigenvalue weighted by Gasteiger charge is -2.51. The first-order valence-corrected chi connectivity index (χ1v) is 15.3. The van der Waals surface area contributed by atoms with Crippen molar-refractivity contribution in [2.45, 2.75) is 74.8 Å². The van der Waals surface area contributed by atoms with E-state index in [9.17, 15) is 26.7 Å². The van der Waals surface area contributed by atoms with Crippen molar-refractivity contribution in [1.82, 2.24) is 14.9 Å². The second kappa shape index (κ2) is 10.1. The smallest absolute Gasteiger partial charge is 0.390 e. The van der Waals surface area contributed by atoms with Crippen molar-refractivity contribution in [1.29, 1.82) is 0 Å². The van der Waals surface area contributed by atoms with Gasteiger partial charge in [-0.25, -0.2) is 13.4 Å². The van der Waals surface area contributed by atoms with Crippen LogP contribution in [0.1, 0.15) is 57.1 Å². The maximum atomic E-state index is 13.8. The molecule has 1 unspecified atom stereocenters. The summed E-state index contributed by atoms with van der Waals surface area (Å²) >= 11 is 0. The molecule has 2 aromatic rings. The Labute approximate surface area is 233 Å². The molecule has 1 spiro atoms. The van der Waals surface area contributed by atoms with Crippen molar-refractivity contribution in [2.24, 2.45) is 11.3 Å². The van der Waals surface area contributed by atoms with Crippen molar-refractivity contribution < 1.29 is 26.7 Å². The topological polar surface area (TPSA) is 98.7 Å². The summed E-state index contributed by atoms with van der Waals surface area (Å²) in [5.74, 6) is -0.445. The number of rotatable bonds is 6. The van der Waals surface area contributed by atoms with E-state index in [0.29, 0.717) is 37.1 Å². The van der Waals surface area contributed by atoms with Crippen LogP contribution in [0.15, 0.2) is 29.3 Å². The molecule has 1 atom stereocenters. The third-order valence-corrected chi connectivity index (χ3v) is 11.3. The number of halogens is 3. The maximum Gasteiger partial charge on any atom is 0.421 e. The minimum absolute atomic E-state index is 0.0170. The molecule has 2 N–H and O–H groups in total. The zero-order chi connectivity index (χ0) is 29.1. The second-order valence-electron chi connectivity index (χ2n) is 12.5. The Kier molecular flexibility index (Phi) is 7.36. The number of anilines is 3. The van der Waals surface area contributed by atoms with Crippen LogP contribution < -0.4 is 10.2 Å². The van der Waals surface area contributed by atoms with E-state index in [1.165, 1.54) is 4.90 Å². The molecule has 1 saturated carbocycles. The summed E-state index contributed by atoms with van der Waals surface area (Å²) in [7, 11) is -1.39. The first-order valence-electron chi connectivity index (χ1n) is 13.8. The van der Waals surface area contributed by atoms with Crippen LogP contribution in [0.5, 0.6) is 0 Å². The number of alkyl halides is 3. The van der Waals surface area contributed by atoms with Crippen LogP contribution in [0.2, 0.25) is 0 Å². The van der Waals surface area contributed by atoms with E-state index in [1.54, 1.807) is 39.0 Å². The Morgan fingerprint density at radius 3 is 2.38 bits per heavy atom. The average Bonchev–Trinajstić information content (AvgIpc) is 3.35. The van der Waals surface area contributed by atoms with Crippen LogP contribution in [0.25, 0.3) is 0 Å². The van der Waals surface area contributed by atoms with Gasteiger partial charge in [-0.15, -0.1) is 0 Å². The summed E-state index contributed by atoms with van der Waals surface area (Å²) in [5, 5.41) is 13.0. The Bertz CT molecular complexity index is 1360. The van der Waals surface area contributed by atoms with Gasteiger partial charge >= 0.3 is 6.18 Å². The molecule has 1 aliphatic carbocycles. The van der Waals surface area contributed by atoms with Crippen LogP contribution >= 0.6 is 0 Å². The Hall–Kier alpha value is -2.44. The third kappa shape index (κ3) is 5.67. The highest BCUT2D eigenvalue weighted by atomic mass is 32.2. The SMILES string of the molecule is Cc1cc(S(=O)(=O)C2CC3(CCN(C)CC3)C2)ccc1Nc1ncc(C(F)(F)F)c(N2CCC(C(C)(C)O)C2)n1. The monoisotopic (exact) mass is 581 g/mol. The summed E-state index contributed by atoms with van der Waals surface area (Å²) in [4.78, 5) is 12.2. The average molecular weight is 582 g/mol. The molecule has 2 aliphatic heterocycles. The molecule has 3 heterocycles. The number of benzene rings is 1. The Morgan fingerprint density at radius 1 is 1.12 bits per heavy atom. The van der Waals surface area contributed by atoms with Gasteiger partial charge in [0.2, 0.25) is 5.95 Å². The predicted octanol–water partition coefficient (Wildman–Crippen LogP) is 4.79. The summed E-state index contributed by atoms with van der Waals surface area (Å²) in [6.45, 7) is 7.63. The van der Waals surface area contributed by atoms with Gasteiger partial charge in [-0.2, -0.15) is 18.2 Å². The van der Waals surface area contributed by atoms with Crippen LogP contribution in [0.4, 0.5) is 30.6 Å². The Balaban J connectivity index is 1.33. The van der Waals surface area contributed by atoms with E-state index in [-0.39, 0.29) is 39.8 Å². The lowest BCUT2D eigenvalue weighted by Crippen LogP contribution is -2.50. The number of hydrogen-bond acceptors (Lipinski definition) is 8. The molecule has 8 nitrogen and oxygen atoms in total. The molecule has 2 saturated heterocycles. The summed E-state index contributed by atoms with van der Waals surface area (Å²) in [5.41, 5.74) is -0.673. The molecular formula is C28H38F3N5O3S. The summed E-state index contributed by atoms with van der Waals surface area (Å²) in [6.07, 6.45) is 0.114. The number of aromatic nitrogens is 2. The van der Waals surface area contributed by atoms with Gasteiger partial charge < -0.3 is 20.2 Å². The quantitative estimate of drug-likeness (QED) is 0.503. The van der Waals surface area contributed by atoms with E-state index in [1.807, 2.05) is 0 Å². The molecule has 0 amide bonds. The summed E-state index contributed by atoms with van der Waals surface area (Å²) in [6, 6.07) is 4.77. The van der Waals surface area contributed by atoms with Crippen molar-refractivity contribution in [3.05, 3.63) is 35.5 Å². The molecule has 12 heteroatoms. The Morgan fingerprint density at radius 2 is 1.80 bits per heavy atom. The van der Waals surface area contributed by atoms with Gasteiger partial charge in [-0.05, 0) is 102 Å². The van der Waals surface area contributed by atoms with Gasteiger partial charge in [0.25, 0.3) is 0 Å². The minimum atomic E-state index is -4.64. The first-order chi connectivity index (χ1) is 18.6.